The zero-order valence-electron chi connectivity index (χ0n) is 7.96. The molecule has 12 heavy (non-hydrogen) atoms. The molecule has 0 unspecified atom stereocenters. The van der Waals surface area contributed by atoms with Crippen molar-refractivity contribution in [3.63, 3.8) is 0 Å². The Labute approximate surface area is 74.8 Å². The monoisotopic (exact) mass is 166 g/mol. The molecule has 0 atom stereocenters. The van der Waals surface area contributed by atoms with Gasteiger partial charge in [0.15, 0.2) is 0 Å². The summed E-state index contributed by atoms with van der Waals surface area (Å²) in [7, 11) is 0. The number of hydrogen-bond donors (Lipinski definition) is 1. The normalized spacial score (nSPS) is 8.50. The number of pyridine rings is 1. The highest BCUT2D eigenvalue weighted by Gasteiger charge is 1.73. The third-order valence-corrected chi connectivity index (χ3v) is 1.39. The van der Waals surface area contributed by atoms with Crippen LogP contribution in [0.3, 0.4) is 0 Å². The molecule has 0 aliphatic rings. The molecular weight excluding hydrogens is 148 g/mol. The van der Waals surface area contributed by atoms with Crippen LogP contribution in [-0.2, 0) is 0 Å². The van der Waals surface area contributed by atoms with Gasteiger partial charge in [-0.15, -0.1) is 0 Å². The number of anilines is 1. The Bertz CT molecular complexity index is 170. The molecule has 1 rings (SSSR count). The predicted molar refractivity (Wildman–Crippen MR) is 53.8 cm³/mol. The van der Waals surface area contributed by atoms with Crippen molar-refractivity contribution in [3.05, 3.63) is 24.4 Å². The fourth-order valence-electron chi connectivity index (χ4n) is 0.730. The summed E-state index contributed by atoms with van der Waals surface area (Å²) >= 11 is 0. The highest BCUT2D eigenvalue weighted by molar-refractivity contribution is 5.25. The Morgan fingerprint density at radius 1 is 1.25 bits per heavy atom. The molecule has 2 heteroatoms. The van der Waals surface area contributed by atoms with E-state index in [1.54, 1.807) is 12.3 Å². The van der Waals surface area contributed by atoms with Gasteiger partial charge in [-0.3, -0.25) is 0 Å². The average molecular weight is 166 g/mol. The second kappa shape index (κ2) is 8.05. The summed E-state index contributed by atoms with van der Waals surface area (Å²) in [6, 6.07) is 5.43. The highest BCUT2D eigenvalue weighted by atomic mass is 14.8. The van der Waals surface area contributed by atoms with Crippen molar-refractivity contribution in [3.8, 4) is 0 Å². The smallest absolute Gasteiger partial charge is 0.123 e. The third-order valence-electron chi connectivity index (χ3n) is 1.39. The Balaban J connectivity index is 0.000000217. The fraction of sp³-hybridized carbons (Fsp3) is 0.500. The zero-order valence-corrected chi connectivity index (χ0v) is 7.96. The lowest BCUT2D eigenvalue weighted by atomic mass is 10.3. The summed E-state index contributed by atoms with van der Waals surface area (Å²) in [6.45, 7) is 4.42. The minimum absolute atomic E-state index is 0.572. The first-order valence-corrected chi connectivity index (χ1v) is 4.47. The fourth-order valence-corrected chi connectivity index (χ4v) is 0.730. The van der Waals surface area contributed by atoms with Crippen LogP contribution in [0, 0.1) is 0 Å². The number of unbranched alkanes of at least 4 members (excludes halogenated alkanes) is 2. The van der Waals surface area contributed by atoms with Crippen molar-refractivity contribution in [2.75, 3.05) is 5.73 Å². The van der Waals surface area contributed by atoms with Crippen LogP contribution >= 0.6 is 0 Å². The second-order valence-electron chi connectivity index (χ2n) is 2.61. The number of aromatic nitrogens is 1. The molecular formula is C10H18N2. The van der Waals surface area contributed by atoms with Gasteiger partial charge in [-0.05, 0) is 12.1 Å². The molecule has 0 amide bonds. The van der Waals surface area contributed by atoms with Crippen LogP contribution in [0.15, 0.2) is 24.4 Å². The van der Waals surface area contributed by atoms with Gasteiger partial charge in [0.1, 0.15) is 5.82 Å². The lowest BCUT2D eigenvalue weighted by molar-refractivity contribution is 0.772. The Morgan fingerprint density at radius 3 is 2.08 bits per heavy atom. The number of nitrogens with zero attached hydrogens (tertiary/aromatic N) is 1. The SMILES string of the molecule is CCCCC.Nc1ccccn1. The van der Waals surface area contributed by atoms with Crippen LogP contribution in [-0.4, -0.2) is 4.98 Å². The van der Waals surface area contributed by atoms with Crippen molar-refractivity contribution in [2.24, 2.45) is 0 Å². The van der Waals surface area contributed by atoms with Gasteiger partial charge in [0.05, 0.1) is 0 Å². The summed E-state index contributed by atoms with van der Waals surface area (Å²) in [6.07, 6.45) is 5.74. The van der Waals surface area contributed by atoms with Crippen LogP contribution in [0.1, 0.15) is 33.1 Å². The predicted octanol–water partition coefficient (Wildman–Crippen LogP) is 2.86. The average Bonchev–Trinajstić information content (AvgIpc) is 2.08. The summed E-state index contributed by atoms with van der Waals surface area (Å²) < 4.78 is 0. The molecule has 0 spiro atoms. The summed E-state index contributed by atoms with van der Waals surface area (Å²) in [4.78, 5) is 3.76. The lowest BCUT2D eigenvalue weighted by Crippen LogP contribution is -1.85. The summed E-state index contributed by atoms with van der Waals surface area (Å²) in [5.74, 6) is 0.572. The van der Waals surface area contributed by atoms with Crippen molar-refractivity contribution in [1.82, 2.24) is 4.98 Å². The summed E-state index contributed by atoms with van der Waals surface area (Å²) in [5.41, 5.74) is 5.25. The van der Waals surface area contributed by atoms with Gasteiger partial charge in [0, 0.05) is 6.20 Å². The van der Waals surface area contributed by atoms with Gasteiger partial charge in [-0.25, -0.2) is 4.98 Å². The first-order valence-electron chi connectivity index (χ1n) is 4.47. The van der Waals surface area contributed by atoms with E-state index >= 15 is 0 Å². The molecule has 0 saturated carbocycles. The molecule has 0 aromatic carbocycles. The second-order valence-corrected chi connectivity index (χ2v) is 2.61. The molecule has 0 bridgehead atoms. The van der Waals surface area contributed by atoms with Crippen LogP contribution < -0.4 is 5.73 Å². The number of nitrogens with two attached hydrogens (primary N) is 1. The minimum Gasteiger partial charge on any atom is -0.384 e. The van der Waals surface area contributed by atoms with E-state index in [1.807, 2.05) is 12.1 Å². The molecule has 2 N–H and O–H groups in total. The molecule has 1 aromatic rings. The van der Waals surface area contributed by atoms with E-state index in [0.717, 1.165) is 0 Å². The maximum atomic E-state index is 5.25. The van der Waals surface area contributed by atoms with E-state index in [2.05, 4.69) is 18.8 Å². The van der Waals surface area contributed by atoms with Crippen LogP contribution in [0.2, 0.25) is 0 Å². The van der Waals surface area contributed by atoms with Crippen molar-refractivity contribution >= 4 is 5.82 Å². The largest absolute Gasteiger partial charge is 0.384 e. The molecule has 1 aromatic heterocycles. The molecule has 1 heterocycles. The van der Waals surface area contributed by atoms with Crippen LogP contribution in [0.25, 0.3) is 0 Å². The van der Waals surface area contributed by atoms with E-state index in [4.69, 9.17) is 5.73 Å². The first kappa shape index (κ1) is 11.0. The van der Waals surface area contributed by atoms with Crippen molar-refractivity contribution in [2.45, 2.75) is 33.1 Å². The van der Waals surface area contributed by atoms with E-state index in [9.17, 15) is 0 Å². The van der Waals surface area contributed by atoms with E-state index in [-0.39, 0.29) is 0 Å². The summed E-state index contributed by atoms with van der Waals surface area (Å²) in [5, 5.41) is 0. The van der Waals surface area contributed by atoms with E-state index in [1.165, 1.54) is 19.3 Å². The highest BCUT2D eigenvalue weighted by Crippen LogP contribution is 1.89. The number of hydrogen-bond acceptors (Lipinski definition) is 2. The Morgan fingerprint density at radius 2 is 1.92 bits per heavy atom. The number of nitrogen functional groups attached to an aromatic ring is 1. The molecule has 0 aliphatic heterocycles. The topological polar surface area (TPSA) is 38.9 Å². The zero-order chi connectivity index (χ0) is 9.23. The van der Waals surface area contributed by atoms with Crippen LogP contribution in [0.4, 0.5) is 5.82 Å². The van der Waals surface area contributed by atoms with E-state index in [0.29, 0.717) is 5.82 Å². The quantitative estimate of drug-likeness (QED) is 0.733. The first-order chi connectivity index (χ1) is 5.81. The minimum atomic E-state index is 0.572. The maximum absolute atomic E-state index is 5.25. The standard InChI is InChI=1S/C5H6N2.C5H12/c6-5-3-1-2-4-7-5;1-3-5-4-2/h1-4H,(H2,6,7);3-5H2,1-2H3. The van der Waals surface area contributed by atoms with Gasteiger partial charge in [0.2, 0.25) is 0 Å². The Hall–Kier alpha value is -1.05. The molecule has 2 nitrogen and oxygen atoms in total. The lowest BCUT2D eigenvalue weighted by Gasteiger charge is -1.82. The molecule has 0 aliphatic carbocycles. The van der Waals surface area contributed by atoms with Crippen molar-refractivity contribution in [1.29, 1.82) is 0 Å². The van der Waals surface area contributed by atoms with Gasteiger partial charge in [-0.2, -0.15) is 0 Å². The maximum Gasteiger partial charge on any atom is 0.123 e. The van der Waals surface area contributed by atoms with Gasteiger partial charge in [-0.1, -0.05) is 39.2 Å². The third kappa shape index (κ3) is 7.06. The van der Waals surface area contributed by atoms with Crippen molar-refractivity contribution < 1.29 is 0 Å². The number of rotatable bonds is 2. The van der Waals surface area contributed by atoms with Gasteiger partial charge in [0.25, 0.3) is 0 Å². The molecule has 0 radical (unpaired) electrons. The molecule has 0 saturated heterocycles. The van der Waals surface area contributed by atoms with E-state index < -0.39 is 0 Å². The molecule has 68 valence electrons. The van der Waals surface area contributed by atoms with Gasteiger partial charge >= 0.3 is 0 Å². The molecule has 0 fully saturated rings. The van der Waals surface area contributed by atoms with Crippen LogP contribution in [0.5, 0.6) is 0 Å². The Kier molecular flexibility index (Phi) is 7.35. The van der Waals surface area contributed by atoms with Gasteiger partial charge < -0.3 is 5.73 Å².